The van der Waals surface area contributed by atoms with Gasteiger partial charge < -0.3 is 0 Å². The summed E-state index contributed by atoms with van der Waals surface area (Å²) in [5, 5.41) is 0. The summed E-state index contributed by atoms with van der Waals surface area (Å²) in [6.45, 7) is 5.43. The zero-order chi connectivity index (χ0) is 8.39. The Balaban J connectivity index is 2.42. The molecule has 12 heavy (non-hydrogen) atoms. The van der Waals surface area contributed by atoms with Gasteiger partial charge in [-0.1, -0.05) is 30.9 Å². The van der Waals surface area contributed by atoms with Gasteiger partial charge in [0.15, 0.2) is 0 Å². The van der Waals surface area contributed by atoms with Crippen LogP contribution in [0, 0.1) is 6.58 Å². The van der Waals surface area contributed by atoms with Gasteiger partial charge in [-0.05, 0) is 42.4 Å². The highest BCUT2D eigenvalue weighted by Crippen LogP contribution is 2.25. The van der Waals surface area contributed by atoms with Gasteiger partial charge in [-0.25, -0.2) is 0 Å². The molecular weight excluding hydrogens is 144 g/mol. The predicted octanol–water partition coefficient (Wildman–Crippen LogP) is 2.71. The second-order valence-electron chi connectivity index (χ2n) is 3.35. The SMILES string of the molecule is [CH]=CCc1cccc2c1CCC2. The Labute approximate surface area is 73.9 Å². The molecule has 0 bridgehead atoms. The third kappa shape index (κ3) is 1.18. The molecule has 0 spiro atoms. The van der Waals surface area contributed by atoms with Gasteiger partial charge in [-0.3, -0.25) is 0 Å². The van der Waals surface area contributed by atoms with Crippen LogP contribution in [-0.4, -0.2) is 0 Å². The van der Waals surface area contributed by atoms with Crippen molar-refractivity contribution in [1.82, 2.24) is 0 Å². The van der Waals surface area contributed by atoms with Gasteiger partial charge in [0.25, 0.3) is 0 Å². The summed E-state index contributed by atoms with van der Waals surface area (Å²) >= 11 is 0. The Bertz CT molecular complexity index is 297. The van der Waals surface area contributed by atoms with E-state index in [2.05, 4.69) is 18.2 Å². The minimum atomic E-state index is 0.920. The fraction of sp³-hybridized carbons (Fsp3) is 0.333. The lowest BCUT2D eigenvalue weighted by molar-refractivity contribution is 0.907. The molecule has 0 nitrogen and oxygen atoms in total. The normalized spacial score (nSPS) is 14.3. The van der Waals surface area contributed by atoms with Gasteiger partial charge in [0, 0.05) is 0 Å². The molecule has 0 atom stereocenters. The van der Waals surface area contributed by atoms with E-state index in [1.54, 1.807) is 11.6 Å². The van der Waals surface area contributed by atoms with E-state index in [4.69, 9.17) is 6.58 Å². The van der Waals surface area contributed by atoms with Crippen molar-refractivity contribution >= 4 is 0 Å². The minimum absolute atomic E-state index is 0.920. The van der Waals surface area contributed by atoms with Crippen molar-refractivity contribution in [3.05, 3.63) is 47.5 Å². The topological polar surface area (TPSA) is 0 Å². The van der Waals surface area contributed by atoms with Crippen LogP contribution in [-0.2, 0) is 19.3 Å². The van der Waals surface area contributed by atoms with Crippen molar-refractivity contribution in [2.45, 2.75) is 25.7 Å². The van der Waals surface area contributed by atoms with Crippen LogP contribution in [0.25, 0.3) is 0 Å². The summed E-state index contributed by atoms with van der Waals surface area (Å²) in [4.78, 5) is 0. The number of fused-ring (bicyclic) bond motifs is 1. The smallest absolute Gasteiger partial charge is 0.00915 e. The van der Waals surface area contributed by atoms with Crippen LogP contribution in [0.3, 0.4) is 0 Å². The molecule has 1 aromatic carbocycles. The molecule has 2 rings (SSSR count). The quantitative estimate of drug-likeness (QED) is 0.619. The number of benzene rings is 1. The molecular formula is C12H13. The first-order valence-corrected chi connectivity index (χ1v) is 4.55. The first kappa shape index (κ1) is 7.60. The van der Waals surface area contributed by atoms with Gasteiger partial charge in [-0.15, -0.1) is 0 Å². The largest absolute Gasteiger partial charge is 0.0801 e. The third-order valence-corrected chi connectivity index (χ3v) is 2.58. The summed E-state index contributed by atoms with van der Waals surface area (Å²) in [5.74, 6) is 0. The highest BCUT2D eigenvalue weighted by atomic mass is 14.2. The summed E-state index contributed by atoms with van der Waals surface area (Å²) in [6, 6.07) is 6.57. The highest BCUT2D eigenvalue weighted by Gasteiger charge is 2.12. The van der Waals surface area contributed by atoms with E-state index in [0.29, 0.717) is 0 Å². The molecule has 1 aromatic rings. The van der Waals surface area contributed by atoms with Gasteiger partial charge in [0.1, 0.15) is 0 Å². The van der Waals surface area contributed by atoms with Gasteiger partial charge in [-0.2, -0.15) is 0 Å². The molecule has 0 aliphatic heterocycles. The summed E-state index contributed by atoms with van der Waals surface area (Å²) in [7, 11) is 0. The van der Waals surface area contributed by atoms with E-state index in [1.807, 2.05) is 0 Å². The molecule has 0 fully saturated rings. The molecule has 0 amide bonds. The first-order valence-electron chi connectivity index (χ1n) is 4.55. The summed E-state index contributed by atoms with van der Waals surface area (Å²) in [5.41, 5.74) is 4.51. The molecule has 0 aromatic heterocycles. The fourth-order valence-corrected chi connectivity index (χ4v) is 2.02. The average molecular weight is 157 g/mol. The predicted molar refractivity (Wildman–Crippen MR) is 51.0 cm³/mol. The Kier molecular flexibility index (Phi) is 1.99. The number of aryl methyl sites for hydroxylation is 1. The molecule has 0 N–H and O–H groups in total. The first-order chi connectivity index (χ1) is 5.92. The van der Waals surface area contributed by atoms with E-state index in [1.165, 1.54) is 30.4 Å². The van der Waals surface area contributed by atoms with Crippen molar-refractivity contribution in [1.29, 1.82) is 0 Å². The zero-order valence-electron chi connectivity index (χ0n) is 7.22. The van der Waals surface area contributed by atoms with E-state index in [-0.39, 0.29) is 0 Å². The lowest BCUT2D eigenvalue weighted by Crippen LogP contribution is -1.90. The average Bonchev–Trinajstić information content (AvgIpc) is 2.53. The molecule has 0 unspecified atom stereocenters. The second-order valence-corrected chi connectivity index (χ2v) is 3.35. The maximum absolute atomic E-state index is 5.43. The second kappa shape index (κ2) is 3.14. The van der Waals surface area contributed by atoms with E-state index < -0.39 is 0 Å². The molecule has 1 aliphatic rings. The van der Waals surface area contributed by atoms with Crippen LogP contribution in [0.1, 0.15) is 23.1 Å². The molecule has 61 valence electrons. The molecule has 1 radical (unpaired) electrons. The van der Waals surface area contributed by atoms with Gasteiger partial charge >= 0.3 is 0 Å². The van der Waals surface area contributed by atoms with Gasteiger partial charge in [0.2, 0.25) is 0 Å². The van der Waals surface area contributed by atoms with Crippen LogP contribution >= 0.6 is 0 Å². The van der Waals surface area contributed by atoms with E-state index in [0.717, 1.165) is 6.42 Å². The fourth-order valence-electron chi connectivity index (χ4n) is 2.02. The Hall–Kier alpha value is -1.04. The lowest BCUT2D eigenvalue weighted by Gasteiger charge is -2.04. The lowest BCUT2D eigenvalue weighted by atomic mass is 10.0. The van der Waals surface area contributed by atoms with Crippen molar-refractivity contribution < 1.29 is 0 Å². The van der Waals surface area contributed by atoms with Gasteiger partial charge in [0.05, 0.1) is 0 Å². The minimum Gasteiger partial charge on any atom is -0.0801 e. The molecule has 1 aliphatic carbocycles. The monoisotopic (exact) mass is 157 g/mol. The number of rotatable bonds is 2. The number of hydrogen-bond acceptors (Lipinski definition) is 0. The molecule has 0 heteroatoms. The zero-order valence-corrected chi connectivity index (χ0v) is 7.22. The van der Waals surface area contributed by atoms with Crippen LogP contribution in [0.15, 0.2) is 24.3 Å². The molecule has 0 saturated carbocycles. The Morgan fingerprint density at radius 1 is 1.33 bits per heavy atom. The highest BCUT2D eigenvalue weighted by molar-refractivity contribution is 5.39. The van der Waals surface area contributed by atoms with Crippen molar-refractivity contribution in [3.63, 3.8) is 0 Å². The Morgan fingerprint density at radius 3 is 3.08 bits per heavy atom. The third-order valence-electron chi connectivity index (χ3n) is 2.58. The molecule has 0 heterocycles. The van der Waals surface area contributed by atoms with E-state index >= 15 is 0 Å². The van der Waals surface area contributed by atoms with Crippen molar-refractivity contribution in [3.8, 4) is 0 Å². The maximum atomic E-state index is 5.43. The summed E-state index contributed by atoms with van der Waals surface area (Å²) < 4.78 is 0. The van der Waals surface area contributed by atoms with Crippen molar-refractivity contribution in [2.75, 3.05) is 0 Å². The van der Waals surface area contributed by atoms with Crippen LogP contribution in [0.4, 0.5) is 0 Å². The maximum Gasteiger partial charge on any atom is -0.00915 e. The van der Waals surface area contributed by atoms with Crippen LogP contribution in [0.2, 0.25) is 0 Å². The molecule has 0 saturated heterocycles. The number of hydrogen-bond donors (Lipinski definition) is 0. The van der Waals surface area contributed by atoms with Crippen molar-refractivity contribution in [2.24, 2.45) is 0 Å². The standard InChI is InChI=1S/C12H13/c1-2-5-10-6-3-7-11-8-4-9-12(10)11/h1-3,6-7H,4-5,8-9H2. The van der Waals surface area contributed by atoms with E-state index in [9.17, 15) is 0 Å². The van der Waals surface area contributed by atoms with Crippen LogP contribution < -0.4 is 0 Å². The number of allylic oxidation sites excluding steroid dienone is 1. The van der Waals surface area contributed by atoms with Crippen LogP contribution in [0.5, 0.6) is 0 Å². The summed E-state index contributed by atoms with van der Waals surface area (Å²) in [6.07, 6.45) is 6.49. The Morgan fingerprint density at radius 2 is 2.25 bits per heavy atom.